The third-order valence-corrected chi connectivity index (χ3v) is 6.42. The van der Waals surface area contributed by atoms with Gasteiger partial charge < -0.3 is 10.3 Å². The van der Waals surface area contributed by atoms with Crippen LogP contribution in [0.15, 0.2) is 53.6 Å². The average molecular weight is 413 g/mol. The van der Waals surface area contributed by atoms with Crippen LogP contribution in [0.4, 0.5) is 0 Å². The lowest BCUT2D eigenvalue weighted by atomic mass is 10.1. The molecule has 0 bridgehead atoms. The van der Waals surface area contributed by atoms with Gasteiger partial charge in [-0.3, -0.25) is 4.79 Å². The molecule has 2 aromatic carbocycles. The van der Waals surface area contributed by atoms with E-state index in [2.05, 4.69) is 20.0 Å². The number of aryl methyl sites for hydroxylation is 1. The van der Waals surface area contributed by atoms with E-state index in [1.54, 1.807) is 26.1 Å². The fourth-order valence-electron chi connectivity index (χ4n) is 3.02. The summed E-state index contributed by atoms with van der Waals surface area (Å²) in [5.74, 6) is 0.245. The highest BCUT2D eigenvalue weighted by Crippen LogP contribution is 2.22. The zero-order chi connectivity index (χ0) is 21.2. The van der Waals surface area contributed by atoms with E-state index in [0.29, 0.717) is 11.4 Å². The molecule has 7 nitrogen and oxygen atoms in total. The maximum atomic E-state index is 12.8. The number of aromatic amines is 1. The molecule has 3 N–H and O–H groups in total. The van der Waals surface area contributed by atoms with Crippen LogP contribution in [0.5, 0.6) is 0 Å². The minimum Gasteiger partial charge on any atom is -0.342 e. The summed E-state index contributed by atoms with van der Waals surface area (Å²) in [6, 6.07) is 12.5. The highest BCUT2D eigenvalue weighted by molar-refractivity contribution is 7.89. The van der Waals surface area contributed by atoms with Gasteiger partial charge in [-0.05, 0) is 56.6 Å². The third kappa shape index (κ3) is 4.38. The van der Waals surface area contributed by atoms with E-state index in [1.165, 1.54) is 13.1 Å². The molecule has 1 amide bonds. The molecule has 3 rings (SSSR count). The van der Waals surface area contributed by atoms with Gasteiger partial charge in [0.05, 0.1) is 22.8 Å². The topological polar surface area (TPSA) is 104 Å². The summed E-state index contributed by atoms with van der Waals surface area (Å²) in [6.07, 6.45) is 1.72. The Kier molecular flexibility index (Phi) is 5.86. The number of sulfonamides is 1. The fourth-order valence-corrected chi connectivity index (χ4v) is 4.08. The first kappa shape index (κ1) is 20.8. The predicted molar refractivity (Wildman–Crippen MR) is 112 cm³/mol. The lowest BCUT2D eigenvalue weighted by molar-refractivity contribution is 0.0938. The highest BCUT2D eigenvalue weighted by atomic mass is 32.2. The number of imidazole rings is 1. The van der Waals surface area contributed by atoms with Crippen molar-refractivity contribution in [3.05, 3.63) is 71.2 Å². The number of amides is 1. The number of carbonyl (C=O) groups excluding carboxylic acids is 1. The zero-order valence-electron chi connectivity index (χ0n) is 16.8. The van der Waals surface area contributed by atoms with E-state index < -0.39 is 10.0 Å². The number of carbonyl (C=O) groups is 1. The Balaban J connectivity index is 1.83. The molecule has 8 heteroatoms. The van der Waals surface area contributed by atoms with Crippen LogP contribution in [0.3, 0.4) is 0 Å². The lowest BCUT2D eigenvalue weighted by Crippen LogP contribution is -2.28. The van der Waals surface area contributed by atoms with Crippen LogP contribution < -0.4 is 10.0 Å². The Bertz CT molecular complexity index is 1140. The van der Waals surface area contributed by atoms with Crippen molar-refractivity contribution in [3.63, 3.8) is 0 Å². The molecule has 0 radical (unpaired) electrons. The summed E-state index contributed by atoms with van der Waals surface area (Å²) in [5.41, 5.74) is 3.48. The number of aromatic nitrogens is 2. The normalized spacial score (nSPS) is 12.6. The number of H-pyrrole nitrogens is 1. The van der Waals surface area contributed by atoms with Crippen LogP contribution in [-0.2, 0) is 10.0 Å². The second-order valence-corrected chi connectivity index (χ2v) is 8.72. The molecule has 0 aliphatic rings. The van der Waals surface area contributed by atoms with Crippen LogP contribution in [0.1, 0.15) is 40.3 Å². The van der Waals surface area contributed by atoms with Crippen molar-refractivity contribution < 1.29 is 13.2 Å². The van der Waals surface area contributed by atoms with E-state index >= 15 is 0 Å². The summed E-state index contributed by atoms with van der Waals surface area (Å²) in [6.45, 7) is 5.32. The van der Waals surface area contributed by atoms with E-state index in [0.717, 1.165) is 16.8 Å². The molecule has 1 heterocycles. The number of hydrogen-bond acceptors (Lipinski definition) is 4. The first-order chi connectivity index (χ1) is 13.7. The van der Waals surface area contributed by atoms with Crippen molar-refractivity contribution in [1.29, 1.82) is 0 Å². The lowest BCUT2D eigenvalue weighted by Gasteiger charge is -2.15. The smallest absolute Gasteiger partial charge is 0.251 e. The second-order valence-electron chi connectivity index (χ2n) is 6.87. The number of nitrogens with zero attached hydrogens (tertiary/aromatic N) is 1. The summed E-state index contributed by atoms with van der Waals surface area (Å²) in [4.78, 5) is 20.5. The Morgan fingerprint density at radius 2 is 1.83 bits per heavy atom. The standard InChI is InChI=1S/C21H24N4O3S/c1-13-10-17(11-19(14(13)2)29(27,28)22-4)21(26)24-15(3)20-23-12-18(25-20)16-8-6-5-7-9-16/h5-12,15,22H,1-4H3,(H,23,25)(H,24,26). The second kappa shape index (κ2) is 8.18. The largest absolute Gasteiger partial charge is 0.342 e. The molecule has 0 spiro atoms. The molecule has 0 aliphatic heterocycles. The Morgan fingerprint density at radius 1 is 1.14 bits per heavy atom. The van der Waals surface area contributed by atoms with Gasteiger partial charge in [0.1, 0.15) is 5.82 Å². The maximum Gasteiger partial charge on any atom is 0.251 e. The monoisotopic (exact) mass is 412 g/mol. The van der Waals surface area contributed by atoms with Crippen LogP contribution >= 0.6 is 0 Å². The first-order valence-corrected chi connectivity index (χ1v) is 10.7. The van der Waals surface area contributed by atoms with Gasteiger partial charge in [-0.2, -0.15) is 0 Å². The van der Waals surface area contributed by atoms with Gasteiger partial charge in [0.25, 0.3) is 5.91 Å². The summed E-state index contributed by atoms with van der Waals surface area (Å²) in [7, 11) is -2.32. The van der Waals surface area contributed by atoms with Crippen molar-refractivity contribution in [2.45, 2.75) is 31.7 Å². The van der Waals surface area contributed by atoms with Crippen LogP contribution in [0.2, 0.25) is 0 Å². The van der Waals surface area contributed by atoms with Gasteiger partial charge in [0.15, 0.2) is 0 Å². The van der Waals surface area contributed by atoms with Gasteiger partial charge in [-0.1, -0.05) is 30.3 Å². The zero-order valence-corrected chi connectivity index (χ0v) is 17.6. The summed E-state index contributed by atoms with van der Waals surface area (Å²) < 4.78 is 26.8. The van der Waals surface area contributed by atoms with Crippen LogP contribution in [-0.4, -0.2) is 31.3 Å². The predicted octanol–water partition coefficient (Wildman–Crippen LogP) is 3.09. The Labute approximate surface area is 170 Å². The molecule has 152 valence electrons. The molecule has 0 saturated heterocycles. The van der Waals surface area contributed by atoms with Gasteiger partial charge in [0.2, 0.25) is 10.0 Å². The molecule has 1 aromatic heterocycles. The minimum atomic E-state index is -3.66. The molecule has 29 heavy (non-hydrogen) atoms. The molecule has 3 aromatic rings. The van der Waals surface area contributed by atoms with Crippen LogP contribution in [0.25, 0.3) is 11.3 Å². The first-order valence-electron chi connectivity index (χ1n) is 9.19. The quantitative estimate of drug-likeness (QED) is 0.579. The molecule has 1 atom stereocenters. The summed E-state index contributed by atoms with van der Waals surface area (Å²) in [5, 5.41) is 2.87. The molecule has 0 aliphatic carbocycles. The Hall–Kier alpha value is -2.97. The number of benzene rings is 2. The van der Waals surface area contributed by atoms with Crippen molar-refractivity contribution in [2.24, 2.45) is 0 Å². The molecular formula is C21H24N4O3S. The van der Waals surface area contributed by atoms with Gasteiger partial charge >= 0.3 is 0 Å². The van der Waals surface area contributed by atoms with E-state index in [-0.39, 0.29) is 22.4 Å². The third-order valence-electron chi connectivity index (χ3n) is 4.88. The highest BCUT2D eigenvalue weighted by Gasteiger charge is 2.21. The van der Waals surface area contributed by atoms with Gasteiger partial charge in [-0.25, -0.2) is 18.1 Å². The van der Waals surface area contributed by atoms with Crippen molar-refractivity contribution in [1.82, 2.24) is 20.0 Å². The number of rotatable bonds is 6. The van der Waals surface area contributed by atoms with E-state index in [1.807, 2.05) is 37.3 Å². The molecule has 0 fully saturated rings. The Morgan fingerprint density at radius 3 is 2.48 bits per heavy atom. The molecular weight excluding hydrogens is 388 g/mol. The minimum absolute atomic E-state index is 0.0992. The maximum absolute atomic E-state index is 12.8. The fraction of sp³-hybridized carbons (Fsp3) is 0.238. The average Bonchev–Trinajstić information content (AvgIpc) is 3.20. The summed E-state index contributed by atoms with van der Waals surface area (Å²) >= 11 is 0. The van der Waals surface area contributed by atoms with Gasteiger partial charge in [0, 0.05) is 5.56 Å². The van der Waals surface area contributed by atoms with E-state index in [9.17, 15) is 13.2 Å². The number of nitrogens with one attached hydrogen (secondary N) is 3. The number of hydrogen-bond donors (Lipinski definition) is 3. The van der Waals surface area contributed by atoms with Crippen molar-refractivity contribution in [2.75, 3.05) is 7.05 Å². The van der Waals surface area contributed by atoms with Crippen LogP contribution in [0, 0.1) is 13.8 Å². The van der Waals surface area contributed by atoms with Gasteiger partial charge in [-0.15, -0.1) is 0 Å². The molecule has 1 unspecified atom stereocenters. The SMILES string of the molecule is CNS(=O)(=O)c1cc(C(=O)NC(C)c2ncc(-c3ccccc3)[nH]2)cc(C)c1C. The van der Waals surface area contributed by atoms with Crippen molar-refractivity contribution in [3.8, 4) is 11.3 Å². The molecule has 0 saturated carbocycles. The van der Waals surface area contributed by atoms with E-state index in [4.69, 9.17) is 0 Å². The van der Waals surface area contributed by atoms with Crippen molar-refractivity contribution >= 4 is 15.9 Å².